The van der Waals surface area contributed by atoms with Gasteiger partial charge in [-0.1, -0.05) is 29.8 Å². The maximum atomic E-state index is 13.0. The molecule has 28 heavy (non-hydrogen) atoms. The van der Waals surface area contributed by atoms with E-state index >= 15 is 0 Å². The number of nitrogens with zero attached hydrogens (tertiary/aromatic N) is 1. The van der Waals surface area contributed by atoms with E-state index in [1.54, 1.807) is 30.3 Å². The highest BCUT2D eigenvalue weighted by Gasteiger charge is 2.30. The molecule has 1 aromatic heterocycles. The zero-order chi connectivity index (χ0) is 19.7. The zero-order valence-electron chi connectivity index (χ0n) is 14.8. The Morgan fingerprint density at radius 1 is 1.07 bits per heavy atom. The zero-order valence-corrected chi connectivity index (χ0v) is 16.4. The molecule has 7 heteroatoms. The first kappa shape index (κ1) is 18.9. The Morgan fingerprint density at radius 3 is 2.64 bits per heavy atom. The van der Waals surface area contributed by atoms with Gasteiger partial charge in [0.25, 0.3) is 5.56 Å². The number of ether oxygens (including phenoxy) is 1. The topological polar surface area (TPSA) is 68.5 Å². The first-order chi connectivity index (χ1) is 13.5. The second-order valence-corrected chi connectivity index (χ2v) is 8.44. The fourth-order valence-electron chi connectivity index (χ4n) is 3.37. The lowest BCUT2D eigenvalue weighted by molar-refractivity contribution is 0.112. The molecule has 0 bridgehead atoms. The van der Waals surface area contributed by atoms with Crippen molar-refractivity contribution >= 4 is 22.4 Å². The maximum Gasteiger partial charge on any atom is 0.251 e. The highest BCUT2D eigenvalue weighted by atomic mass is 35.5. The summed E-state index contributed by atoms with van der Waals surface area (Å²) >= 11 is 6.09. The molecular formula is C21H18ClNO4S. The Hall–Kier alpha value is -2.41. The van der Waals surface area contributed by atoms with Crippen LogP contribution >= 0.6 is 11.6 Å². The number of hydrogen-bond donors (Lipinski definition) is 1. The van der Waals surface area contributed by atoms with Gasteiger partial charge in [-0.25, -0.2) is 4.21 Å². The molecule has 0 aliphatic carbocycles. The van der Waals surface area contributed by atoms with Gasteiger partial charge in [0, 0.05) is 34.0 Å². The predicted octanol–water partition coefficient (Wildman–Crippen LogP) is 3.40. The first-order valence-electron chi connectivity index (χ1n) is 8.84. The number of hydrogen-bond acceptors (Lipinski definition) is 4. The minimum Gasteiger partial charge on any atom is -0.493 e. The van der Waals surface area contributed by atoms with E-state index in [9.17, 15) is 14.1 Å². The summed E-state index contributed by atoms with van der Waals surface area (Å²) in [6.07, 6.45) is 1.01. The van der Waals surface area contributed by atoms with Gasteiger partial charge in [0.05, 0.1) is 34.6 Å². The molecule has 1 aliphatic heterocycles. The molecule has 0 saturated carbocycles. The number of pyridine rings is 1. The summed E-state index contributed by atoms with van der Waals surface area (Å²) < 4.78 is 20.2. The van der Waals surface area contributed by atoms with Crippen molar-refractivity contribution in [2.75, 3.05) is 6.61 Å². The van der Waals surface area contributed by atoms with Crippen molar-refractivity contribution in [3.63, 3.8) is 0 Å². The quantitative estimate of drug-likeness (QED) is 0.711. The normalized spacial score (nSPS) is 19.9. The number of aromatic nitrogens is 1. The summed E-state index contributed by atoms with van der Waals surface area (Å²) in [5, 5.41) is 11.1. The average Bonchev–Trinajstić information content (AvgIpc) is 2.87. The van der Waals surface area contributed by atoms with Crippen molar-refractivity contribution in [1.29, 1.82) is 0 Å². The first-order valence-corrected chi connectivity index (χ1v) is 10.4. The third-order valence-corrected chi connectivity index (χ3v) is 6.31. The Labute approximate surface area is 169 Å². The van der Waals surface area contributed by atoms with E-state index < -0.39 is 22.9 Å². The number of aliphatic hydroxyl groups is 1. The van der Waals surface area contributed by atoms with Crippen LogP contribution in [0.15, 0.2) is 81.4 Å². The second kappa shape index (κ2) is 7.91. The van der Waals surface area contributed by atoms with Crippen LogP contribution in [-0.4, -0.2) is 26.6 Å². The van der Waals surface area contributed by atoms with E-state index in [1.807, 2.05) is 18.2 Å². The number of fused-ring (bicyclic) bond motifs is 1. The minimum absolute atomic E-state index is 0.282. The van der Waals surface area contributed by atoms with E-state index in [0.29, 0.717) is 39.2 Å². The molecule has 1 N–H and O–H groups in total. The van der Waals surface area contributed by atoms with Crippen LogP contribution < -0.4 is 10.3 Å². The Kier molecular flexibility index (Phi) is 5.35. The molecule has 0 saturated heterocycles. The molecule has 2 aromatic carbocycles. The summed E-state index contributed by atoms with van der Waals surface area (Å²) in [7, 11) is -1.39. The predicted molar refractivity (Wildman–Crippen MR) is 108 cm³/mol. The van der Waals surface area contributed by atoms with Crippen LogP contribution in [0.25, 0.3) is 0 Å². The Morgan fingerprint density at radius 2 is 1.86 bits per heavy atom. The van der Waals surface area contributed by atoms with Gasteiger partial charge in [0.15, 0.2) is 0 Å². The lowest BCUT2D eigenvalue weighted by atomic mass is 9.99. The molecule has 0 amide bonds. The van der Waals surface area contributed by atoms with Crippen LogP contribution in [0.5, 0.6) is 5.75 Å². The average molecular weight is 416 g/mol. The largest absolute Gasteiger partial charge is 0.493 e. The molecule has 3 atom stereocenters. The molecule has 2 heterocycles. The van der Waals surface area contributed by atoms with Crippen molar-refractivity contribution in [3.05, 3.63) is 87.8 Å². The summed E-state index contributed by atoms with van der Waals surface area (Å²) in [6.45, 7) is 0.321. The monoisotopic (exact) mass is 415 g/mol. The number of aliphatic hydroxyl groups excluding tert-OH is 1. The number of benzene rings is 2. The van der Waals surface area contributed by atoms with Gasteiger partial charge in [-0.2, -0.15) is 0 Å². The molecule has 3 unspecified atom stereocenters. The van der Waals surface area contributed by atoms with Crippen LogP contribution in [-0.2, 0) is 10.8 Å². The second-order valence-electron chi connectivity index (χ2n) is 6.52. The van der Waals surface area contributed by atoms with Gasteiger partial charge < -0.3 is 14.4 Å². The molecule has 144 valence electrons. The highest BCUT2D eigenvalue weighted by molar-refractivity contribution is 7.85. The number of rotatable bonds is 3. The van der Waals surface area contributed by atoms with Gasteiger partial charge in [0.1, 0.15) is 5.75 Å². The van der Waals surface area contributed by atoms with Crippen molar-refractivity contribution in [2.45, 2.75) is 28.4 Å². The van der Waals surface area contributed by atoms with Crippen LogP contribution in [0, 0.1) is 0 Å². The van der Waals surface area contributed by atoms with Crippen molar-refractivity contribution in [1.82, 2.24) is 4.57 Å². The van der Waals surface area contributed by atoms with Gasteiger partial charge in [-0.05, 0) is 36.4 Å². The molecule has 4 rings (SSSR count). The third kappa shape index (κ3) is 3.63. The van der Waals surface area contributed by atoms with Gasteiger partial charge >= 0.3 is 0 Å². The van der Waals surface area contributed by atoms with Crippen molar-refractivity contribution < 1.29 is 14.1 Å². The summed E-state index contributed by atoms with van der Waals surface area (Å²) in [6, 6.07) is 16.6. The molecular weight excluding hydrogens is 398 g/mol. The van der Waals surface area contributed by atoms with Crippen molar-refractivity contribution in [3.8, 4) is 5.75 Å². The summed E-state index contributed by atoms with van der Waals surface area (Å²) in [5.41, 5.74) is 0.326. The molecule has 0 radical (unpaired) electrons. The van der Waals surface area contributed by atoms with E-state index in [-0.39, 0.29) is 5.56 Å². The van der Waals surface area contributed by atoms with Gasteiger partial charge in [0.2, 0.25) is 0 Å². The Balaban J connectivity index is 1.85. The molecule has 5 nitrogen and oxygen atoms in total. The summed E-state index contributed by atoms with van der Waals surface area (Å²) in [4.78, 5) is 13.7. The number of halogens is 1. The lowest BCUT2D eigenvalue weighted by Gasteiger charge is -2.24. The van der Waals surface area contributed by atoms with Crippen LogP contribution in [0.3, 0.4) is 0 Å². The fourth-order valence-corrected chi connectivity index (χ4v) is 4.64. The van der Waals surface area contributed by atoms with Gasteiger partial charge in [-0.3, -0.25) is 4.79 Å². The minimum atomic E-state index is -1.39. The van der Waals surface area contributed by atoms with E-state index in [2.05, 4.69) is 0 Å². The molecule has 0 spiro atoms. The Bertz CT molecular complexity index is 1080. The van der Waals surface area contributed by atoms with Gasteiger partial charge in [-0.15, -0.1) is 0 Å². The smallest absolute Gasteiger partial charge is 0.251 e. The summed E-state index contributed by atoms with van der Waals surface area (Å²) in [5.74, 6) is 0.558. The third-order valence-electron chi connectivity index (χ3n) is 4.71. The SMILES string of the molecule is O=c1ccc(Cl)cn1C1c2cc(S(=O)c3ccccc3)ccc2OCCC1O. The molecule has 3 aromatic rings. The van der Waals surface area contributed by atoms with Crippen LogP contribution in [0.2, 0.25) is 5.02 Å². The van der Waals surface area contributed by atoms with Crippen LogP contribution in [0.4, 0.5) is 0 Å². The maximum absolute atomic E-state index is 13.0. The van der Waals surface area contributed by atoms with Crippen molar-refractivity contribution in [2.24, 2.45) is 0 Å². The molecule has 1 aliphatic rings. The van der Waals surface area contributed by atoms with E-state index in [4.69, 9.17) is 16.3 Å². The lowest BCUT2D eigenvalue weighted by Crippen LogP contribution is -2.32. The van der Waals surface area contributed by atoms with E-state index in [0.717, 1.165) is 0 Å². The molecule has 0 fully saturated rings. The highest BCUT2D eigenvalue weighted by Crippen LogP contribution is 2.36. The van der Waals surface area contributed by atoms with E-state index in [1.165, 1.54) is 22.9 Å². The van der Waals surface area contributed by atoms with Crippen LogP contribution in [0.1, 0.15) is 18.0 Å². The standard InChI is InChI=1S/C21H18ClNO4S/c22-14-6-9-20(25)23(13-14)21-17-12-16(28(26)15-4-2-1-3-5-15)7-8-19(17)27-11-10-18(21)24/h1-9,12-13,18,21,24H,10-11H2. The fraction of sp³-hybridized carbons (Fsp3) is 0.190.